The number of carbonyl (C=O) groups is 1. The summed E-state index contributed by atoms with van der Waals surface area (Å²) in [5.74, 6) is 0. The number of carbonyl (C=O) groups excluding carboxylic acids is 1. The van der Waals surface area contributed by atoms with E-state index >= 15 is 0 Å². The number of fused-ring (bicyclic) bond motifs is 1. The molecule has 6 heteroatoms. The van der Waals surface area contributed by atoms with Gasteiger partial charge >= 0.3 is 0 Å². The average Bonchev–Trinajstić information content (AvgIpc) is 2.52. The molecule has 2 aromatic rings. The van der Waals surface area contributed by atoms with Crippen LogP contribution < -0.4 is 0 Å². The van der Waals surface area contributed by atoms with E-state index in [0.717, 1.165) is 4.47 Å². The summed E-state index contributed by atoms with van der Waals surface area (Å²) < 4.78 is 2.29. The molecule has 0 radical (unpaired) electrons. The highest BCUT2D eigenvalue weighted by molar-refractivity contribution is 9.10. The standard InChI is InChI=1S/C6H3BrClN3O/c7-3-1-9-11-4(2-12)5(8)10-6(3)11/h1-2,9H. The van der Waals surface area contributed by atoms with Crippen LogP contribution in [0.2, 0.25) is 5.15 Å². The zero-order valence-corrected chi connectivity index (χ0v) is 8.06. The van der Waals surface area contributed by atoms with Crippen LogP contribution in [0.5, 0.6) is 0 Å². The molecule has 0 atom stereocenters. The number of nitrogens with zero attached hydrogens (tertiary/aromatic N) is 2. The van der Waals surface area contributed by atoms with Crippen LogP contribution in [0, 0.1) is 0 Å². The fourth-order valence-corrected chi connectivity index (χ4v) is 1.56. The number of imidazole rings is 1. The van der Waals surface area contributed by atoms with Crippen molar-refractivity contribution < 1.29 is 4.79 Å². The third-order valence-corrected chi connectivity index (χ3v) is 2.38. The van der Waals surface area contributed by atoms with Crippen molar-refractivity contribution in [2.45, 2.75) is 0 Å². The number of halogens is 2. The Morgan fingerprint density at radius 3 is 3.17 bits per heavy atom. The highest BCUT2D eigenvalue weighted by Crippen LogP contribution is 2.21. The number of hydrogen-bond donors (Lipinski definition) is 1. The normalized spacial score (nSPS) is 10.8. The second kappa shape index (κ2) is 2.60. The van der Waals surface area contributed by atoms with Crippen LogP contribution in [0.3, 0.4) is 0 Å². The number of aromatic amines is 1. The summed E-state index contributed by atoms with van der Waals surface area (Å²) in [7, 11) is 0. The van der Waals surface area contributed by atoms with Crippen molar-refractivity contribution >= 4 is 39.5 Å². The van der Waals surface area contributed by atoms with Crippen LogP contribution in [0.15, 0.2) is 10.7 Å². The molecule has 0 saturated heterocycles. The van der Waals surface area contributed by atoms with E-state index in [1.54, 1.807) is 6.20 Å². The van der Waals surface area contributed by atoms with Crippen molar-refractivity contribution in [3.8, 4) is 0 Å². The van der Waals surface area contributed by atoms with Gasteiger partial charge in [-0.2, -0.15) is 0 Å². The Morgan fingerprint density at radius 1 is 1.75 bits per heavy atom. The first-order chi connectivity index (χ1) is 5.74. The van der Waals surface area contributed by atoms with Gasteiger partial charge in [0, 0.05) is 6.20 Å². The van der Waals surface area contributed by atoms with Gasteiger partial charge in [0.1, 0.15) is 5.69 Å². The predicted molar refractivity (Wildman–Crippen MR) is 47.6 cm³/mol. The van der Waals surface area contributed by atoms with Gasteiger partial charge in [-0.1, -0.05) is 11.6 Å². The van der Waals surface area contributed by atoms with E-state index < -0.39 is 0 Å². The van der Waals surface area contributed by atoms with Gasteiger partial charge in [-0.3, -0.25) is 9.89 Å². The zero-order chi connectivity index (χ0) is 8.72. The number of nitrogens with one attached hydrogen (secondary N) is 1. The van der Waals surface area contributed by atoms with Gasteiger partial charge in [0.2, 0.25) is 0 Å². The van der Waals surface area contributed by atoms with Gasteiger partial charge < -0.3 is 0 Å². The third-order valence-electron chi connectivity index (χ3n) is 1.51. The van der Waals surface area contributed by atoms with E-state index in [9.17, 15) is 4.79 Å². The Labute approximate surface area is 80.6 Å². The summed E-state index contributed by atoms with van der Waals surface area (Å²) in [4.78, 5) is 14.5. The average molecular weight is 248 g/mol. The fraction of sp³-hybridized carbons (Fsp3) is 0. The number of rotatable bonds is 1. The van der Waals surface area contributed by atoms with Crippen LogP contribution in [-0.4, -0.2) is 20.9 Å². The third kappa shape index (κ3) is 0.899. The SMILES string of the molecule is O=Cc1c(Cl)nc2c(Br)c[nH]n12. The molecule has 1 N–H and O–H groups in total. The Bertz CT molecular complexity index is 447. The Kier molecular flexibility index (Phi) is 1.69. The molecule has 2 rings (SSSR count). The smallest absolute Gasteiger partial charge is 0.171 e. The summed E-state index contributed by atoms with van der Waals surface area (Å²) >= 11 is 8.93. The highest BCUT2D eigenvalue weighted by atomic mass is 79.9. The van der Waals surface area contributed by atoms with Crippen molar-refractivity contribution in [3.05, 3.63) is 21.5 Å². The molecule has 2 aromatic heterocycles. The van der Waals surface area contributed by atoms with E-state index in [0.29, 0.717) is 17.6 Å². The lowest BCUT2D eigenvalue weighted by molar-refractivity contribution is 0.111. The van der Waals surface area contributed by atoms with E-state index in [1.165, 1.54) is 4.52 Å². The Morgan fingerprint density at radius 2 is 2.50 bits per heavy atom. The van der Waals surface area contributed by atoms with Gasteiger partial charge in [-0.25, -0.2) is 9.50 Å². The van der Waals surface area contributed by atoms with Crippen molar-refractivity contribution in [3.63, 3.8) is 0 Å². The second-order valence-corrected chi connectivity index (χ2v) is 3.40. The maximum atomic E-state index is 10.5. The molecule has 4 nitrogen and oxygen atoms in total. The van der Waals surface area contributed by atoms with Crippen molar-refractivity contribution in [1.29, 1.82) is 0 Å². The number of aromatic nitrogens is 3. The van der Waals surface area contributed by atoms with Gasteiger partial charge in [0.05, 0.1) is 4.47 Å². The fourth-order valence-electron chi connectivity index (χ4n) is 0.985. The monoisotopic (exact) mass is 247 g/mol. The van der Waals surface area contributed by atoms with Crippen molar-refractivity contribution in [2.24, 2.45) is 0 Å². The molecule has 0 unspecified atom stereocenters. The second-order valence-electron chi connectivity index (χ2n) is 2.19. The van der Waals surface area contributed by atoms with Gasteiger partial charge in [0.15, 0.2) is 17.1 Å². The van der Waals surface area contributed by atoms with E-state index in [-0.39, 0.29) is 5.15 Å². The summed E-state index contributed by atoms with van der Waals surface area (Å²) in [6.45, 7) is 0. The van der Waals surface area contributed by atoms with Gasteiger partial charge in [0.25, 0.3) is 0 Å². The molecular formula is C6H3BrClN3O. The Hall–Kier alpha value is -0.810. The van der Waals surface area contributed by atoms with Crippen molar-refractivity contribution in [2.75, 3.05) is 0 Å². The summed E-state index contributed by atoms with van der Waals surface area (Å²) in [6, 6.07) is 0. The Balaban J connectivity index is 2.90. The maximum absolute atomic E-state index is 10.5. The van der Waals surface area contributed by atoms with E-state index in [4.69, 9.17) is 11.6 Å². The van der Waals surface area contributed by atoms with Crippen LogP contribution >= 0.6 is 27.5 Å². The molecule has 0 bridgehead atoms. The quantitative estimate of drug-likeness (QED) is 0.784. The van der Waals surface area contributed by atoms with Gasteiger partial charge in [-0.05, 0) is 15.9 Å². The molecule has 0 spiro atoms. The molecule has 0 aliphatic carbocycles. The molecule has 0 amide bonds. The lowest BCUT2D eigenvalue weighted by atomic mass is 10.5. The number of hydrogen-bond acceptors (Lipinski definition) is 2. The lowest BCUT2D eigenvalue weighted by Crippen LogP contribution is -1.89. The minimum atomic E-state index is 0.206. The molecular weight excluding hydrogens is 245 g/mol. The minimum Gasteiger partial charge on any atom is -0.298 e. The molecule has 0 aliphatic rings. The first-order valence-corrected chi connectivity index (χ1v) is 4.27. The highest BCUT2D eigenvalue weighted by Gasteiger charge is 2.12. The largest absolute Gasteiger partial charge is 0.298 e. The van der Waals surface area contributed by atoms with Crippen LogP contribution in [0.25, 0.3) is 5.65 Å². The molecule has 0 saturated carbocycles. The predicted octanol–water partition coefficient (Wildman–Crippen LogP) is 1.89. The number of H-pyrrole nitrogens is 1. The van der Waals surface area contributed by atoms with Crippen LogP contribution in [0.1, 0.15) is 10.5 Å². The molecule has 0 aliphatic heterocycles. The number of aldehydes is 1. The van der Waals surface area contributed by atoms with Gasteiger partial charge in [-0.15, -0.1) is 0 Å². The van der Waals surface area contributed by atoms with Crippen molar-refractivity contribution in [1.82, 2.24) is 14.6 Å². The van der Waals surface area contributed by atoms with E-state index in [1.807, 2.05) is 0 Å². The zero-order valence-electron chi connectivity index (χ0n) is 5.71. The van der Waals surface area contributed by atoms with Crippen LogP contribution in [-0.2, 0) is 0 Å². The molecule has 0 fully saturated rings. The molecule has 62 valence electrons. The molecule has 12 heavy (non-hydrogen) atoms. The molecule has 0 aromatic carbocycles. The first kappa shape index (κ1) is 7.82. The minimum absolute atomic E-state index is 0.206. The van der Waals surface area contributed by atoms with Crippen LogP contribution in [0.4, 0.5) is 0 Å². The first-order valence-electron chi connectivity index (χ1n) is 3.10. The summed E-state index contributed by atoms with van der Waals surface area (Å²) in [5.41, 5.74) is 0.944. The van der Waals surface area contributed by atoms with E-state index in [2.05, 4.69) is 26.0 Å². The maximum Gasteiger partial charge on any atom is 0.171 e. The summed E-state index contributed by atoms with van der Waals surface area (Å²) in [5, 5.41) is 3.03. The molecule has 2 heterocycles. The lowest BCUT2D eigenvalue weighted by Gasteiger charge is -1.84. The summed E-state index contributed by atoms with van der Waals surface area (Å²) in [6.07, 6.45) is 2.34. The topological polar surface area (TPSA) is 50.2 Å².